The predicted molar refractivity (Wildman–Crippen MR) is 109 cm³/mol. The average Bonchev–Trinajstić information content (AvgIpc) is 3.00. The largest absolute Gasteiger partial charge is 0.468 e. The number of aromatic nitrogens is 1. The van der Waals surface area contributed by atoms with Crippen molar-refractivity contribution in [2.75, 3.05) is 7.11 Å². The fourth-order valence-corrected chi connectivity index (χ4v) is 3.92. The molecule has 0 spiro atoms. The molecule has 0 N–H and O–H groups in total. The zero-order valence-electron chi connectivity index (χ0n) is 16.2. The maximum absolute atomic E-state index is 12.5. The van der Waals surface area contributed by atoms with Crippen LogP contribution in [0, 0.1) is 24.0 Å². The molecule has 0 bridgehead atoms. The summed E-state index contributed by atoms with van der Waals surface area (Å²) in [4.78, 5) is 39.4. The molecule has 1 heterocycles. The molecule has 3 rings (SSSR count). The Labute approximate surface area is 170 Å². The summed E-state index contributed by atoms with van der Waals surface area (Å²) in [5.74, 6) is -0.876. The van der Waals surface area contributed by atoms with Crippen molar-refractivity contribution in [3.05, 3.63) is 68.0 Å². The number of thiazole rings is 1. The first-order valence-electron chi connectivity index (χ1n) is 8.77. The second kappa shape index (κ2) is 8.36. The first kappa shape index (κ1) is 20.4. The number of carbonyl (C=O) groups is 2. The van der Waals surface area contributed by atoms with Crippen LogP contribution in [0.1, 0.15) is 16.7 Å². The molecule has 150 valence electrons. The molecule has 29 heavy (non-hydrogen) atoms. The van der Waals surface area contributed by atoms with E-state index in [4.69, 9.17) is 4.74 Å². The minimum Gasteiger partial charge on any atom is -0.468 e. The number of amides is 1. The van der Waals surface area contributed by atoms with E-state index in [2.05, 4.69) is 4.99 Å². The van der Waals surface area contributed by atoms with Crippen molar-refractivity contribution in [2.45, 2.75) is 26.8 Å². The molecule has 0 aliphatic heterocycles. The molecule has 0 aliphatic carbocycles. The van der Waals surface area contributed by atoms with Crippen LogP contribution in [0.2, 0.25) is 0 Å². The third kappa shape index (κ3) is 4.57. The molecule has 9 heteroatoms. The van der Waals surface area contributed by atoms with Gasteiger partial charge in [0.1, 0.15) is 6.54 Å². The van der Waals surface area contributed by atoms with Crippen LogP contribution in [0.4, 0.5) is 5.69 Å². The van der Waals surface area contributed by atoms with E-state index in [0.717, 1.165) is 28.0 Å². The Morgan fingerprint density at radius 2 is 1.93 bits per heavy atom. The summed E-state index contributed by atoms with van der Waals surface area (Å²) in [6.07, 6.45) is 0.119. The van der Waals surface area contributed by atoms with E-state index >= 15 is 0 Å². The van der Waals surface area contributed by atoms with Gasteiger partial charge in [-0.25, -0.2) is 0 Å². The minimum atomic E-state index is -0.508. The molecule has 0 atom stereocenters. The van der Waals surface area contributed by atoms with Crippen LogP contribution in [0.25, 0.3) is 10.2 Å². The predicted octanol–water partition coefficient (Wildman–Crippen LogP) is 3.07. The standard InChI is InChI=1S/C20H19N3O5S/c1-12-4-5-14(8-13(12)2)9-18(24)21-20-22(11-19(25)28-3)16-7-6-15(23(26)27)10-17(16)29-20/h4-8,10H,9,11H2,1-3H3. The van der Waals surface area contributed by atoms with Gasteiger partial charge in [0.2, 0.25) is 0 Å². The summed E-state index contributed by atoms with van der Waals surface area (Å²) < 4.78 is 6.82. The average molecular weight is 413 g/mol. The Balaban J connectivity index is 2.03. The van der Waals surface area contributed by atoms with Crippen LogP contribution in [0.3, 0.4) is 0 Å². The molecule has 0 unspecified atom stereocenters. The molecule has 0 saturated heterocycles. The van der Waals surface area contributed by atoms with Crippen molar-refractivity contribution in [3.63, 3.8) is 0 Å². The van der Waals surface area contributed by atoms with Crippen molar-refractivity contribution < 1.29 is 19.2 Å². The van der Waals surface area contributed by atoms with Crippen molar-refractivity contribution in [2.24, 2.45) is 4.99 Å². The molecule has 0 radical (unpaired) electrons. The molecule has 0 saturated carbocycles. The summed E-state index contributed by atoms with van der Waals surface area (Å²) in [6.45, 7) is 3.82. The lowest BCUT2D eigenvalue weighted by Gasteiger charge is -2.04. The van der Waals surface area contributed by atoms with Gasteiger partial charge in [-0.05, 0) is 36.6 Å². The number of ether oxygens (including phenoxy) is 1. The number of hydrogen-bond donors (Lipinski definition) is 0. The number of methoxy groups -OCH3 is 1. The van der Waals surface area contributed by atoms with Crippen molar-refractivity contribution in [1.29, 1.82) is 0 Å². The van der Waals surface area contributed by atoms with Gasteiger partial charge in [-0.1, -0.05) is 29.5 Å². The molecule has 0 aliphatic rings. The molecule has 1 amide bonds. The number of non-ortho nitro benzene ring substituents is 1. The number of aryl methyl sites for hydroxylation is 2. The monoisotopic (exact) mass is 413 g/mol. The smallest absolute Gasteiger partial charge is 0.325 e. The maximum atomic E-state index is 12.5. The summed E-state index contributed by atoms with van der Waals surface area (Å²) in [7, 11) is 1.27. The molecule has 8 nitrogen and oxygen atoms in total. The Morgan fingerprint density at radius 1 is 1.17 bits per heavy atom. The number of fused-ring (bicyclic) bond motifs is 1. The Morgan fingerprint density at radius 3 is 2.59 bits per heavy atom. The highest BCUT2D eigenvalue weighted by molar-refractivity contribution is 7.16. The SMILES string of the molecule is COC(=O)Cn1c(=NC(=O)Cc2ccc(C)c(C)c2)sc2cc([N+](=O)[O-])ccc21. The number of nitro groups is 1. The molecule has 2 aromatic carbocycles. The summed E-state index contributed by atoms with van der Waals surface area (Å²) >= 11 is 1.12. The second-order valence-electron chi connectivity index (χ2n) is 6.56. The highest BCUT2D eigenvalue weighted by atomic mass is 32.1. The lowest BCUT2D eigenvalue weighted by atomic mass is 10.0. The van der Waals surface area contributed by atoms with Gasteiger partial charge >= 0.3 is 5.97 Å². The number of esters is 1. The highest BCUT2D eigenvalue weighted by Crippen LogP contribution is 2.23. The number of benzene rings is 2. The summed E-state index contributed by atoms with van der Waals surface area (Å²) in [6, 6.07) is 10.1. The number of nitrogens with zero attached hydrogens (tertiary/aromatic N) is 3. The van der Waals surface area contributed by atoms with E-state index in [1.165, 1.54) is 23.8 Å². The van der Waals surface area contributed by atoms with E-state index in [0.29, 0.717) is 15.0 Å². The molecule has 1 aromatic heterocycles. The van der Waals surface area contributed by atoms with Crippen molar-refractivity contribution in [1.82, 2.24) is 4.57 Å². The highest BCUT2D eigenvalue weighted by Gasteiger charge is 2.15. The zero-order chi connectivity index (χ0) is 21.1. The van der Waals surface area contributed by atoms with E-state index in [1.807, 2.05) is 32.0 Å². The van der Waals surface area contributed by atoms with Crippen LogP contribution in [-0.4, -0.2) is 28.5 Å². The fraction of sp³-hybridized carbons (Fsp3) is 0.250. The van der Waals surface area contributed by atoms with E-state index in [1.54, 1.807) is 6.07 Å². The Hall–Kier alpha value is -3.33. The lowest BCUT2D eigenvalue weighted by molar-refractivity contribution is -0.384. The first-order chi connectivity index (χ1) is 13.8. The summed E-state index contributed by atoms with van der Waals surface area (Å²) in [5, 5.41) is 11.0. The molecular weight excluding hydrogens is 394 g/mol. The number of carbonyl (C=O) groups excluding carboxylic acids is 2. The van der Waals surface area contributed by atoms with Gasteiger partial charge in [-0.15, -0.1) is 0 Å². The Bertz CT molecular complexity index is 1190. The van der Waals surface area contributed by atoms with E-state index < -0.39 is 10.9 Å². The number of rotatable bonds is 5. The van der Waals surface area contributed by atoms with Crippen LogP contribution in [0.15, 0.2) is 41.4 Å². The van der Waals surface area contributed by atoms with Crippen LogP contribution >= 0.6 is 11.3 Å². The summed E-state index contributed by atoms with van der Waals surface area (Å²) in [5.41, 5.74) is 3.57. The fourth-order valence-electron chi connectivity index (χ4n) is 2.84. The van der Waals surface area contributed by atoms with Gasteiger partial charge in [0.05, 0.1) is 28.7 Å². The van der Waals surface area contributed by atoms with Gasteiger partial charge in [-0.2, -0.15) is 4.99 Å². The van der Waals surface area contributed by atoms with Gasteiger partial charge in [-0.3, -0.25) is 19.7 Å². The molecule has 3 aromatic rings. The van der Waals surface area contributed by atoms with Crippen molar-refractivity contribution in [3.8, 4) is 0 Å². The third-order valence-electron chi connectivity index (χ3n) is 4.54. The van der Waals surface area contributed by atoms with Gasteiger partial charge in [0, 0.05) is 12.1 Å². The minimum absolute atomic E-state index is 0.0722. The topological polar surface area (TPSA) is 104 Å². The first-order valence-corrected chi connectivity index (χ1v) is 9.58. The maximum Gasteiger partial charge on any atom is 0.325 e. The molecular formula is C20H19N3O5S. The van der Waals surface area contributed by atoms with Crippen LogP contribution in [-0.2, 0) is 27.3 Å². The number of nitro benzene ring substituents is 1. The van der Waals surface area contributed by atoms with E-state index in [9.17, 15) is 19.7 Å². The normalized spacial score (nSPS) is 11.6. The van der Waals surface area contributed by atoms with Gasteiger partial charge in [0.15, 0.2) is 4.80 Å². The number of hydrogen-bond acceptors (Lipinski definition) is 6. The second-order valence-corrected chi connectivity index (χ2v) is 7.57. The van der Waals surface area contributed by atoms with E-state index in [-0.39, 0.29) is 24.6 Å². The third-order valence-corrected chi connectivity index (χ3v) is 5.58. The zero-order valence-corrected chi connectivity index (χ0v) is 17.0. The van der Waals surface area contributed by atoms with Crippen LogP contribution in [0.5, 0.6) is 0 Å². The quantitative estimate of drug-likeness (QED) is 0.363. The molecule has 0 fully saturated rings. The van der Waals surface area contributed by atoms with Crippen molar-refractivity contribution >= 4 is 39.1 Å². The van der Waals surface area contributed by atoms with Gasteiger partial charge in [0.25, 0.3) is 11.6 Å². The van der Waals surface area contributed by atoms with Gasteiger partial charge < -0.3 is 9.30 Å². The van der Waals surface area contributed by atoms with Crippen LogP contribution < -0.4 is 4.80 Å². The lowest BCUT2D eigenvalue weighted by Crippen LogP contribution is -2.22. The Kier molecular flexibility index (Phi) is 5.88.